The molecule has 0 unspecified atom stereocenters. The van der Waals surface area contributed by atoms with E-state index in [1.54, 1.807) is 12.1 Å². The zero-order valence-corrected chi connectivity index (χ0v) is 15.2. The molecule has 0 saturated heterocycles. The Kier molecular flexibility index (Phi) is 4.66. The maximum atomic E-state index is 5.63. The Hall–Kier alpha value is -2.39. The largest absolute Gasteiger partial charge is 0.444 e. The average Bonchev–Trinajstić information content (AvgIpc) is 3.35. The fourth-order valence-corrected chi connectivity index (χ4v) is 3.03. The summed E-state index contributed by atoms with van der Waals surface area (Å²) in [5.74, 6) is 2.30. The molecular formula is C16H11BrN4O3S. The van der Waals surface area contributed by atoms with E-state index in [0.29, 0.717) is 45.5 Å². The Morgan fingerprint density at radius 3 is 2.48 bits per heavy atom. The van der Waals surface area contributed by atoms with Crippen LogP contribution in [-0.2, 0) is 12.2 Å². The summed E-state index contributed by atoms with van der Waals surface area (Å²) in [4.78, 5) is 0. The Morgan fingerprint density at radius 1 is 0.840 bits per heavy atom. The van der Waals surface area contributed by atoms with Gasteiger partial charge in [-0.25, -0.2) is 0 Å². The lowest BCUT2D eigenvalue weighted by Gasteiger charge is -1.94. The summed E-state index contributed by atoms with van der Waals surface area (Å²) < 4.78 is 17.2. The van der Waals surface area contributed by atoms with E-state index in [4.69, 9.17) is 13.3 Å². The van der Waals surface area contributed by atoms with Gasteiger partial charge in [-0.05, 0) is 33.6 Å². The summed E-state index contributed by atoms with van der Waals surface area (Å²) in [6.45, 7) is 0. The molecule has 7 nitrogen and oxygen atoms in total. The van der Waals surface area contributed by atoms with Gasteiger partial charge >= 0.3 is 0 Å². The van der Waals surface area contributed by atoms with Gasteiger partial charge < -0.3 is 13.3 Å². The third kappa shape index (κ3) is 3.99. The first-order valence-electron chi connectivity index (χ1n) is 7.33. The van der Waals surface area contributed by atoms with E-state index in [1.165, 1.54) is 11.8 Å². The number of hydrogen-bond donors (Lipinski definition) is 0. The summed E-state index contributed by atoms with van der Waals surface area (Å²) >= 11 is 4.58. The Balaban J connectivity index is 1.37. The summed E-state index contributed by atoms with van der Waals surface area (Å²) in [5, 5.41) is 16.5. The molecule has 0 saturated carbocycles. The lowest BCUT2D eigenvalue weighted by atomic mass is 10.2. The molecule has 0 N–H and O–H groups in total. The van der Waals surface area contributed by atoms with Gasteiger partial charge in [-0.15, -0.1) is 20.4 Å². The molecule has 0 spiro atoms. The maximum Gasteiger partial charge on any atom is 0.283 e. The number of rotatable bonds is 6. The molecule has 3 aromatic heterocycles. The lowest BCUT2D eigenvalue weighted by molar-refractivity contribution is 0.419. The number of furan rings is 1. The van der Waals surface area contributed by atoms with Crippen molar-refractivity contribution >= 4 is 27.7 Å². The summed E-state index contributed by atoms with van der Waals surface area (Å²) in [5.41, 5.74) is 1.12. The molecule has 0 fully saturated rings. The van der Waals surface area contributed by atoms with Crippen LogP contribution in [0.5, 0.6) is 0 Å². The van der Waals surface area contributed by atoms with Crippen molar-refractivity contribution in [2.24, 2.45) is 0 Å². The van der Waals surface area contributed by atoms with Crippen LogP contribution in [0.1, 0.15) is 17.3 Å². The zero-order chi connectivity index (χ0) is 17.1. The molecule has 4 aromatic rings. The van der Waals surface area contributed by atoms with Crippen LogP contribution in [0.3, 0.4) is 0 Å². The van der Waals surface area contributed by atoms with Crippen LogP contribution < -0.4 is 0 Å². The Bertz CT molecular complexity index is 967. The predicted octanol–water partition coefficient (Wildman–Crippen LogP) is 4.36. The number of benzene rings is 1. The highest BCUT2D eigenvalue weighted by molar-refractivity contribution is 9.10. The predicted molar refractivity (Wildman–Crippen MR) is 92.8 cm³/mol. The van der Waals surface area contributed by atoms with Gasteiger partial charge in [-0.2, -0.15) is 0 Å². The first kappa shape index (κ1) is 16.1. The second-order valence-corrected chi connectivity index (χ2v) is 6.73. The topological polar surface area (TPSA) is 91.0 Å². The van der Waals surface area contributed by atoms with Crippen LogP contribution >= 0.6 is 27.7 Å². The SMILES string of the molecule is Brc1ccc(-c2nnc(CSc3nnc(Cc4ccccc4)o3)o2)o1. The van der Waals surface area contributed by atoms with Gasteiger partial charge in [-0.1, -0.05) is 42.1 Å². The molecule has 0 atom stereocenters. The quantitative estimate of drug-likeness (QED) is 0.426. The summed E-state index contributed by atoms with van der Waals surface area (Å²) in [7, 11) is 0. The Labute approximate surface area is 155 Å². The van der Waals surface area contributed by atoms with E-state index in [2.05, 4.69) is 36.3 Å². The van der Waals surface area contributed by atoms with Crippen LogP contribution in [0.15, 0.2) is 65.6 Å². The van der Waals surface area contributed by atoms with Crippen LogP contribution in [0.25, 0.3) is 11.7 Å². The summed E-state index contributed by atoms with van der Waals surface area (Å²) in [6.07, 6.45) is 0.604. The van der Waals surface area contributed by atoms with E-state index in [1.807, 2.05) is 30.3 Å². The highest BCUT2D eigenvalue weighted by atomic mass is 79.9. The minimum atomic E-state index is 0.330. The second-order valence-electron chi connectivity index (χ2n) is 5.02. The highest BCUT2D eigenvalue weighted by Crippen LogP contribution is 2.26. The average molecular weight is 419 g/mol. The molecule has 0 bridgehead atoms. The molecule has 126 valence electrons. The number of nitrogens with zero attached hydrogens (tertiary/aromatic N) is 4. The monoisotopic (exact) mass is 418 g/mol. The second kappa shape index (κ2) is 7.24. The number of thioether (sulfide) groups is 1. The van der Waals surface area contributed by atoms with Gasteiger partial charge in [-0.3, -0.25) is 0 Å². The molecule has 0 radical (unpaired) electrons. The minimum absolute atomic E-state index is 0.330. The number of aromatic nitrogens is 4. The van der Waals surface area contributed by atoms with E-state index >= 15 is 0 Å². The highest BCUT2D eigenvalue weighted by Gasteiger charge is 2.14. The van der Waals surface area contributed by atoms with E-state index in [-0.39, 0.29) is 0 Å². The molecule has 25 heavy (non-hydrogen) atoms. The van der Waals surface area contributed by atoms with Crippen LogP contribution in [0.4, 0.5) is 0 Å². The van der Waals surface area contributed by atoms with Crippen LogP contribution in [0, 0.1) is 0 Å². The normalized spacial score (nSPS) is 11.1. The van der Waals surface area contributed by atoms with E-state index < -0.39 is 0 Å². The van der Waals surface area contributed by atoms with E-state index in [9.17, 15) is 0 Å². The number of hydrogen-bond acceptors (Lipinski definition) is 8. The van der Waals surface area contributed by atoms with Crippen LogP contribution in [0.2, 0.25) is 0 Å². The van der Waals surface area contributed by atoms with Crippen molar-refractivity contribution in [2.75, 3.05) is 0 Å². The maximum absolute atomic E-state index is 5.63. The molecular weight excluding hydrogens is 408 g/mol. The zero-order valence-electron chi connectivity index (χ0n) is 12.8. The lowest BCUT2D eigenvalue weighted by Crippen LogP contribution is -1.87. The number of halogens is 1. The fourth-order valence-electron chi connectivity index (χ4n) is 2.10. The first-order valence-corrected chi connectivity index (χ1v) is 9.11. The molecule has 4 rings (SSSR count). The van der Waals surface area contributed by atoms with Crippen LogP contribution in [-0.4, -0.2) is 20.4 Å². The van der Waals surface area contributed by atoms with Gasteiger partial charge in [0.25, 0.3) is 11.1 Å². The van der Waals surface area contributed by atoms with Gasteiger partial charge in [0, 0.05) is 0 Å². The van der Waals surface area contributed by atoms with E-state index in [0.717, 1.165) is 5.56 Å². The van der Waals surface area contributed by atoms with Crippen molar-refractivity contribution in [1.29, 1.82) is 0 Å². The molecule has 9 heteroatoms. The molecule has 3 heterocycles. The van der Waals surface area contributed by atoms with Crippen molar-refractivity contribution in [3.8, 4) is 11.7 Å². The standard InChI is InChI=1S/C16H11BrN4O3S/c17-12-7-6-11(22-12)15-20-19-14(23-15)9-25-16-21-18-13(24-16)8-10-4-2-1-3-5-10/h1-7H,8-9H2. The third-order valence-corrected chi connectivity index (χ3v) is 4.45. The molecule has 0 aliphatic rings. The van der Waals surface area contributed by atoms with Gasteiger partial charge in [0.1, 0.15) is 0 Å². The minimum Gasteiger partial charge on any atom is -0.444 e. The van der Waals surface area contributed by atoms with Gasteiger partial charge in [0.2, 0.25) is 11.8 Å². The first-order chi connectivity index (χ1) is 12.3. The smallest absolute Gasteiger partial charge is 0.283 e. The van der Waals surface area contributed by atoms with Gasteiger partial charge in [0.05, 0.1) is 12.2 Å². The van der Waals surface area contributed by atoms with Gasteiger partial charge in [0.15, 0.2) is 10.4 Å². The Morgan fingerprint density at radius 2 is 1.68 bits per heavy atom. The van der Waals surface area contributed by atoms with Crippen molar-refractivity contribution in [3.63, 3.8) is 0 Å². The third-order valence-electron chi connectivity index (χ3n) is 3.22. The van der Waals surface area contributed by atoms with Crippen molar-refractivity contribution < 1.29 is 13.3 Å². The molecule has 0 amide bonds. The van der Waals surface area contributed by atoms with Crippen molar-refractivity contribution in [2.45, 2.75) is 17.4 Å². The van der Waals surface area contributed by atoms with Crippen molar-refractivity contribution in [1.82, 2.24) is 20.4 Å². The molecule has 1 aromatic carbocycles. The summed E-state index contributed by atoms with van der Waals surface area (Å²) in [6, 6.07) is 13.5. The van der Waals surface area contributed by atoms with Crippen molar-refractivity contribution in [3.05, 3.63) is 64.5 Å². The fraction of sp³-hybridized carbons (Fsp3) is 0.125. The molecule has 0 aliphatic heterocycles. The molecule has 0 aliphatic carbocycles.